The summed E-state index contributed by atoms with van der Waals surface area (Å²) in [5.41, 5.74) is 2.57. The van der Waals surface area contributed by atoms with Crippen LogP contribution >= 0.6 is 0 Å². The van der Waals surface area contributed by atoms with E-state index in [0.29, 0.717) is 26.1 Å². The van der Waals surface area contributed by atoms with Crippen LogP contribution in [0, 0.1) is 12.8 Å². The van der Waals surface area contributed by atoms with Gasteiger partial charge in [-0.05, 0) is 19.8 Å². The number of nitrogens with zero attached hydrogens (tertiary/aromatic N) is 5. The van der Waals surface area contributed by atoms with Crippen molar-refractivity contribution in [2.24, 2.45) is 5.92 Å². The predicted molar refractivity (Wildman–Crippen MR) is 105 cm³/mol. The SMILES string of the molecule is CC[C@@H]1[C@H](C(=O)NCc2cnc(C)cn2)C[C@@H]2CN(Cc3cnc[nH]3)CC(=O)N21. The summed E-state index contributed by atoms with van der Waals surface area (Å²) in [6.07, 6.45) is 8.26. The van der Waals surface area contributed by atoms with Gasteiger partial charge in [-0.2, -0.15) is 0 Å². The number of carbonyl (C=O) groups excluding carboxylic acids is 2. The molecule has 2 aromatic rings. The molecule has 0 aliphatic carbocycles. The summed E-state index contributed by atoms with van der Waals surface area (Å²) >= 11 is 0. The van der Waals surface area contributed by atoms with Crippen molar-refractivity contribution in [2.75, 3.05) is 13.1 Å². The van der Waals surface area contributed by atoms with Crippen molar-refractivity contribution in [3.63, 3.8) is 0 Å². The molecule has 0 unspecified atom stereocenters. The summed E-state index contributed by atoms with van der Waals surface area (Å²) in [6, 6.07) is 0.0185. The molecular formula is C20H27N7O2. The maximum Gasteiger partial charge on any atom is 0.237 e. The molecule has 9 nitrogen and oxygen atoms in total. The third kappa shape index (κ3) is 4.14. The minimum atomic E-state index is -0.195. The Kier molecular flexibility index (Phi) is 5.57. The Balaban J connectivity index is 1.40. The number of carbonyl (C=O) groups is 2. The standard InChI is InChI=1S/C20H27N7O2/c1-3-18-17(20(29)24-8-14-7-22-13(2)5-23-14)4-16-10-26(11-19(28)27(16)18)9-15-6-21-12-25-15/h5-7,12,16-18H,3-4,8-11H2,1-2H3,(H,21,25)(H,24,29)/t16-,17-,18-/m1/s1. The Morgan fingerprint density at radius 1 is 1.31 bits per heavy atom. The maximum absolute atomic E-state index is 12.9. The van der Waals surface area contributed by atoms with Gasteiger partial charge in [-0.3, -0.25) is 24.5 Å². The first-order chi connectivity index (χ1) is 14.0. The molecule has 2 aliphatic rings. The fourth-order valence-corrected chi connectivity index (χ4v) is 4.53. The smallest absolute Gasteiger partial charge is 0.237 e. The highest BCUT2D eigenvalue weighted by molar-refractivity contribution is 5.84. The Morgan fingerprint density at radius 3 is 2.86 bits per heavy atom. The summed E-state index contributed by atoms with van der Waals surface area (Å²) in [4.78, 5) is 45.5. The van der Waals surface area contributed by atoms with Crippen molar-refractivity contribution in [1.82, 2.24) is 35.1 Å². The number of H-pyrrole nitrogens is 1. The third-order valence-electron chi connectivity index (χ3n) is 5.84. The van der Waals surface area contributed by atoms with Crippen molar-refractivity contribution in [3.05, 3.63) is 42.0 Å². The molecule has 2 saturated heterocycles. The lowest BCUT2D eigenvalue weighted by molar-refractivity contribution is -0.141. The topological polar surface area (TPSA) is 107 Å². The molecule has 0 spiro atoms. The van der Waals surface area contributed by atoms with Crippen LogP contribution in [-0.2, 0) is 22.7 Å². The molecule has 154 valence electrons. The van der Waals surface area contributed by atoms with Gasteiger partial charge in [0.05, 0.1) is 42.9 Å². The van der Waals surface area contributed by atoms with Crippen LogP contribution in [0.5, 0.6) is 0 Å². The zero-order valence-electron chi connectivity index (χ0n) is 16.8. The number of nitrogens with one attached hydrogen (secondary N) is 2. The fourth-order valence-electron chi connectivity index (χ4n) is 4.53. The van der Waals surface area contributed by atoms with Crippen molar-refractivity contribution < 1.29 is 9.59 Å². The van der Waals surface area contributed by atoms with E-state index in [1.807, 2.05) is 18.7 Å². The largest absolute Gasteiger partial charge is 0.350 e. The van der Waals surface area contributed by atoms with Crippen LogP contribution in [0.25, 0.3) is 0 Å². The van der Waals surface area contributed by atoms with E-state index in [0.717, 1.165) is 30.0 Å². The van der Waals surface area contributed by atoms with E-state index in [-0.39, 0.29) is 29.8 Å². The second kappa shape index (κ2) is 8.28. The second-order valence-corrected chi connectivity index (χ2v) is 7.89. The lowest BCUT2D eigenvalue weighted by atomic mass is 9.96. The van der Waals surface area contributed by atoms with Crippen LogP contribution in [0.2, 0.25) is 0 Å². The summed E-state index contributed by atoms with van der Waals surface area (Å²) in [7, 11) is 0. The van der Waals surface area contributed by atoms with Gasteiger partial charge in [-0.1, -0.05) is 6.92 Å². The quantitative estimate of drug-likeness (QED) is 0.741. The van der Waals surface area contributed by atoms with Gasteiger partial charge >= 0.3 is 0 Å². The average Bonchev–Trinajstić information content (AvgIpc) is 3.35. The highest BCUT2D eigenvalue weighted by Crippen LogP contribution is 2.35. The maximum atomic E-state index is 12.9. The molecule has 2 amide bonds. The normalized spacial score (nSPS) is 24.6. The molecule has 4 heterocycles. The van der Waals surface area contributed by atoms with Crippen LogP contribution in [-0.4, -0.2) is 66.7 Å². The molecule has 0 radical (unpaired) electrons. The number of rotatable bonds is 6. The summed E-state index contributed by atoms with van der Waals surface area (Å²) < 4.78 is 0. The zero-order valence-corrected chi connectivity index (χ0v) is 16.8. The Bertz CT molecular complexity index is 852. The Morgan fingerprint density at radius 2 is 2.17 bits per heavy atom. The molecule has 29 heavy (non-hydrogen) atoms. The average molecular weight is 397 g/mol. The number of fused-ring (bicyclic) bond motifs is 1. The van der Waals surface area contributed by atoms with Crippen LogP contribution in [0.3, 0.4) is 0 Å². The van der Waals surface area contributed by atoms with E-state index < -0.39 is 0 Å². The highest BCUT2D eigenvalue weighted by Gasteiger charge is 2.48. The molecule has 2 aliphatic heterocycles. The monoisotopic (exact) mass is 397 g/mol. The molecule has 0 bridgehead atoms. The second-order valence-electron chi connectivity index (χ2n) is 7.89. The Hall–Kier alpha value is -2.81. The lowest BCUT2D eigenvalue weighted by Crippen LogP contribution is -2.56. The van der Waals surface area contributed by atoms with Crippen molar-refractivity contribution >= 4 is 11.8 Å². The molecule has 0 aromatic carbocycles. The van der Waals surface area contributed by atoms with E-state index in [1.54, 1.807) is 24.9 Å². The van der Waals surface area contributed by atoms with E-state index in [4.69, 9.17) is 0 Å². The number of aromatic nitrogens is 4. The summed E-state index contributed by atoms with van der Waals surface area (Å²) in [5, 5.41) is 2.99. The van der Waals surface area contributed by atoms with Gasteiger partial charge in [0.25, 0.3) is 0 Å². The van der Waals surface area contributed by atoms with Crippen LogP contribution < -0.4 is 5.32 Å². The van der Waals surface area contributed by atoms with E-state index in [9.17, 15) is 9.59 Å². The highest BCUT2D eigenvalue weighted by atomic mass is 16.2. The molecule has 0 saturated carbocycles. The molecule has 2 N–H and O–H groups in total. The number of piperazine rings is 1. The number of aryl methyl sites for hydroxylation is 1. The van der Waals surface area contributed by atoms with Crippen LogP contribution in [0.4, 0.5) is 0 Å². The zero-order chi connectivity index (χ0) is 20.4. The summed E-state index contributed by atoms with van der Waals surface area (Å²) in [6.45, 7) is 6.08. The van der Waals surface area contributed by atoms with E-state index in [2.05, 4.69) is 30.2 Å². The van der Waals surface area contributed by atoms with Gasteiger partial charge in [-0.25, -0.2) is 4.98 Å². The van der Waals surface area contributed by atoms with Gasteiger partial charge in [-0.15, -0.1) is 0 Å². The predicted octanol–water partition coefficient (Wildman–Crippen LogP) is 0.636. The number of amides is 2. The lowest BCUT2D eigenvalue weighted by Gasteiger charge is -2.39. The van der Waals surface area contributed by atoms with E-state index in [1.165, 1.54) is 0 Å². The van der Waals surface area contributed by atoms with Gasteiger partial charge in [0.2, 0.25) is 11.8 Å². The van der Waals surface area contributed by atoms with Crippen molar-refractivity contribution in [1.29, 1.82) is 0 Å². The van der Waals surface area contributed by atoms with Gasteiger partial charge in [0, 0.05) is 43.3 Å². The number of imidazole rings is 1. The first-order valence-corrected chi connectivity index (χ1v) is 10.1. The summed E-state index contributed by atoms with van der Waals surface area (Å²) in [5.74, 6) is -0.103. The van der Waals surface area contributed by atoms with Gasteiger partial charge in [0.15, 0.2) is 0 Å². The molecule has 9 heteroatoms. The number of aromatic amines is 1. The molecule has 3 atom stereocenters. The minimum Gasteiger partial charge on any atom is -0.350 e. The van der Waals surface area contributed by atoms with Crippen molar-refractivity contribution in [3.8, 4) is 0 Å². The minimum absolute atomic E-state index is 0.0125. The molecule has 2 aromatic heterocycles. The first-order valence-electron chi connectivity index (χ1n) is 10.1. The number of hydrogen-bond donors (Lipinski definition) is 2. The molecule has 2 fully saturated rings. The van der Waals surface area contributed by atoms with Gasteiger partial charge in [0.1, 0.15) is 0 Å². The van der Waals surface area contributed by atoms with Crippen LogP contribution in [0.15, 0.2) is 24.9 Å². The fraction of sp³-hybridized carbons (Fsp3) is 0.550. The van der Waals surface area contributed by atoms with E-state index >= 15 is 0 Å². The first kappa shape index (κ1) is 19.5. The third-order valence-corrected chi connectivity index (χ3v) is 5.84. The van der Waals surface area contributed by atoms with Crippen LogP contribution in [0.1, 0.15) is 36.8 Å². The van der Waals surface area contributed by atoms with Gasteiger partial charge < -0.3 is 15.2 Å². The molecule has 4 rings (SSSR count). The van der Waals surface area contributed by atoms with Crippen molar-refractivity contribution in [2.45, 2.75) is 51.9 Å². The number of hydrogen-bond acceptors (Lipinski definition) is 6. The molecular weight excluding hydrogens is 370 g/mol. The Labute approximate surface area is 169 Å².